The second-order valence-corrected chi connectivity index (χ2v) is 5.61. The summed E-state index contributed by atoms with van der Waals surface area (Å²) in [5, 5.41) is 1.11. The molecule has 1 atom stereocenters. The first-order valence-electron chi connectivity index (χ1n) is 5.86. The van der Waals surface area contributed by atoms with Crippen molar-refractivity contribution in [3.63, 3.8) is 0 Å². The largest absolute Gasteiger partial charge is 0.328 e. The van der Waals surface area contributed by atoms with Gasteiger partial charge in [-0.25, -0.2) is 4.98 Å². The van der Waals surface area contributed by atoms with Gasteiger partial charge in [0.2, 0.25) is 0 Å². The summed E-state index contributed by atoms with van der Waals surface area (Å²) in [7, 11) is 0. The summed E-state index contributed by atoms with van der Waals surface area (Å²) in [5.41, 5.74) is 9.47. The van der Waals surface area contributed by atoms with Crippen LogP contribution in [-0.2, 0) is 6.42 Å². The molecule has 0 bridgehead atoms. The third-order valence-corrected chi connectivity index (χ3v) is 3.99. The van der Waals surface area contributed by atoms with E-state index in [0.29, 0.717) is 0 Å². The molecule has 1 heterocycles. The summed E-state index contributed by atoms with van der Waals surface area (Å²) in [6.07, 6.45) is 0.912. The minimum absolute atomic E-state index is 0.193. The van der Waals surface area contributed by atoms with Gasteiger partial charge in [-0.1, -0.05) is 24.3 Å². The molecule has 17 heavy (non-hydrogen) atoms. The molecule has 3 heteroatoms. The number of hydrogen-bond donors (Lipinski definition) is 1. The number of nitrogens with zero attached hydrogens (tertiary/aromatic N) is 1. The molecule has 0 aliphatic heterocycles. The van der Waals surface area contributed by atoms with E-state index in [9.17, 15) is 0 Å². The predicted octanol–water partition coefficient (Wildman–Crippen LogP) is 3.32. The molecule has 90 valence electrons. The van der Waals surface area contributed by atoms with E-state index >= 15 is 0 Å². The van der Waals surface area contributed by atoms with Gasteiger partial charge in [0, 0.05) is 16.5 Å². The molecule has 2 N–H and O–H groups in total. The Hall–Kier alpha value is -1.19. The van der Waals surface area contributed by atoms with E-state index in [1.54, 1.807) is 11.3 Å². The van der Waals surface area contributed by atoms with Crippen molar-refractivity contribution in [3.8, 4) is 10.6 Å². The zero-order valence-electron chi connectivity index (χ0n) is 10.5. The normalized spacial score (nSPS) is 12.7. The molecule has 0 saturated carbocycles. The maximum atomic E-state index is 5.85. The Labute approximate surface area is 107 Å². The van der Waals surface area contributed by atoms with Crippen LogP contribution < -0.4 is 5.73 Å². The highest BCUT2D eigenvalue weighted by molar-refractivity contribution is 7.15. The Morgan fingerprint density at radius 1 is 1.29 bits per heavy atom. The van der Waals surface area contributed by atoms with E-state index in [0.717, 1.165) is 17.1 Å². The average Bonchev–Trinajstić information content (AvgIpc) is 2.60. The molecule has 0 saturated heterocycles. The molecule has 2 aromatic rings. The monoisotopic (exact) mass is 246 g/mol. The lowest BCUT2D eigenvalue weighted by molar-refractivity contribution is 0.742. The van der Waals surface area contributed by atoms with Crippen molar-refractivity contribution >= 4 is 11.3 Å². The van der Waals surface area contributed by atoms with Crippen molar-refractivity contribution in [1.29, 1.82) is 0 Å². The summed E-state index contributed by atoms with van der Waals surface area (Å²) in [6.45, 7) is 6.22. The molecule has 0 amide bonds. The van der Waals surface area contributed by atoms with Crippen LogP contribution in [0.25, 0.3) is 10.6 Å². The average molecular weight is 246 g/mol. The van der Waals surface area contributed by atoms with Crippen LogP contribution in [0, 0.1) is 13.8 Å². The van der Waals surface area contributed by atoms with Gasteiger partial charge >= 0.3 is 0 Å². The summed E-state index contributed by atoms with van der Waals surface area (Å²) in [6, 6.07) is 8.56. The summed E-state index contributed by atoms with van der Waals surface area (Å²) < 4.78 is 0. The first-order chi connectivity index (χ1) is 8.08. The molecule has 0 radical (unpaired) electrons. The topological polar surface area (TPSA) is 38.9 Å². The minimum Gasteiger partial charge on any atom is -0.328 e. The van der Waals surface area contributed by atoms with Crippen molar-refractivity contribution in [2.75, 3.05) is 0 Å². The van der Waals surface area contributed by atoms with Gasteiger partial charge in [-0.3, -0.25) is 0 Å². The van der Waals surface area contributed by atoms with Gasteiger partial charge in [0.1, 0.15) is 5.01 Å². The Bertz CT molecular complexity index is 515. The SMILES string of the molecule is Cc1ccccc1-c1nc(C)c(CC(C)N)s1. The molecule has 0 aliphatic carbocycles. The number of benzene rings is 1. The van der Waals surface area contributed by atoms with Crippen molar-refractivity contribution in [2.24, 2.45) is 5.73 Å². The van der Waals surface area contributed by atoms with E-state index in [-0.39, 0.29) is 6.04 Å². The number of aryl methyl sites for hydroxylation is 2. The van der Waals surface area contributed by atoms with Crippen LogP contribution in [0.2, 0.25) is 0 Å². The highest BCUT2D eigenvalue weighted by Gasteiger charge is 2.11. The Morgan fingerprint density at radius 3 is 2.65 bits per heavy atom. The molecular formula is C14H18N2S. The van der Waals surface area contributed by atoms with Crippen molar-refractivity contribution in [1.82, 2.24) is 4.98 Å². The van der Waals surface area contributed by atoms with Crippen molar-refractivity contribution in [2.45, 2.75) is 33.2 Å². The van der Waals surface area contributed by atoms with E-state index in [4.69, 9.17) is 5.73 Å². The fourth-order valence-corrected chi connectivity index (χ4v) is 3.13. The van der Waals surface area contributed by atoms with E-state index in [1.807, 2.05) is 6.92 Å². The summed E-state index contributed by atoms with van der Waals surface area (Å²) in [5.74, 6) is 0. The molecule has 1 aromatic heterocycles. The number of thiazole rings is 1. The quantitative estimate of drug-likeness (QED) is 0.902. The van der Waals surface area contributed by atoms with Crippen LogP contribution in [0.3, 0.4) is 0 Å². The maximum absolute atomic E-state index is 5.85. The zero-order chi connectivity index (χ0) is 12.4. The number of hydrogen-bond acceptors (Lipinski definition) is 3. The second-order valence-electron chi connectivity index (χ2n) is 4.52. The maximum Gasteiger partial charge on any atom is 0.124 e. The van der Waals surface area contributed by atoms with Gasteiger partial charge in [0.25, 0.3) is 0 Å². The van der Waals surface area contributed by atoms with E-state index < -0.39 is 0 Å². The molecule has 0 spiro atoms. The third kappa shape index (κ3) is 2.73. The molecule has 2 rings (SSSR count). The van der Waals surface area contributed by atoms with Crippen molar-refractivity contribution < 1.29 is 0 Å². The molecule has 0 aliphatic rings. The van der Waals surface area contributed by atoms with Gasteiger partial charge in [-0.2, -0.15) is 0 Å². The lowest BCUT2D eigenvalue weighted by Crippen LogP contribution is -2.17. The highest BCUT2D eigenvalue weighted by atomic mass is 32.1. The van der Waals surface area contributed by atoms with Crippen LogP contribution in [0.15, 0.2) is 24.3 Å². The Kier molecular flexibility index (Phi) is 3.60. The van der Waals surface area contributed by atoms with Crippen molar-refractivity contribution in [3.05, 3.63) is 40.4 Å². The number of rotatable bonds is 3. The van der Waals surface area contributed by atoms with Crippen LogP contribution in [0.4, 0.5) is 0 Å². The molecule has 0 fully saturated rings. The van der Waals surface area contributed by atoms with Gasteiger partial charge in [0.05, 0.1) is 5.69 Å². The fraction of sp³-hybridized carbons (Fsp3) is 0.357. The van der Waals surface area contributed by atoms with Crippen LogP contribution >= 0.6 is 11.3 Å². The van der Waals surface area contributed by atoms with E-state index in [1.165, 1.54) is 16.0 Å². The van der Waals surface area contributed by atoms with Gasteiger partial charge in [-0.15, -0.1) is 11.3 Å². The minimum atomic E-state index is 0.193. The fourth-order valence-electron chi connectivity index (χ4n) is 1.84. The second kappa shape index (κ2) is 4.98. The molecule has 2 nitrogen and oxygen atoms in total. The molecule has 1 unspecified atom stereocenters. The smallest absolute Gasteiger partial charge is 0.124 e. The standard InChI is InChI=1S/C14H18N2S/c1-9-6-4-5-7-12(9)14-16-11(3)13(17-14)8-10(2)15/h4-7,10H,8,15H2,1-3H3. The van der Waals surface area contributed by atoms with E-state index in [2.05, 4.69) is 43.1 Å². The highest BCUT2D eigenvalue weighted by Crippen LogP contribution is 2.30. The lowest BCUT2D eigenvalue weighted by Gasteiger charge is -2.02. The van der Waals surface area contributed by atoms with Crippen LogP contribution in [-0.4, -0.2) is 11.0 Å². The molecular weight excluding hydrogens is 228 g/mol. The van der Waals surface area contributed by atoms with Gasteiger partial charge in [0.15, 0.2) is 0 Å². The zero-order valence-corrected chi connectivity index (χ0v) is 11.3. The Balaban J connectivity index is 2.38. The first-order valence-corrected chi connectivity index (χ1v) is 6.67. The lowest BCUT2D eigenvalue weighted by atomic mass is 10.1. The molecule has 1 aromatic carbocycles. The van der Waals surface area contributed by atoms with Gasteiger partial charge < -0.3 is 5.73 Å². The predicted molar refractivity (Wildman–Crippen MR) is 74.4 cm³/mol. The van der Waals surface area contributed by atoms with Gasteiger partial charge in [-0.05, 0) is 32.8 Å². The van der Waals surface area contributed by atoms with Crippen LogP contribution in [0.5, 0.6) is 0 Å². The first kappa shape index (κ1) is 12.3. The summed E-state index contributed by atoms with van der Waals surface area (Å²) in [4.78, 5) is 5.96. The Morgan fingerprint density at radius 2 is 2.00 bits per heavy atom. The van der Waals surface area contributed by atoms with Crippen LogP contribution in [0.1, 0.15) is 23.1 Å². The third-order valence-electron chi connectivity index (χ3n) is 2.78. The number of aromatic nitrogens is 1. The summed E-state index contributed by atoms with van der Waals surface area (Å²) >= 11 is 1.76. The number of nitrogens with two attached hydrogens (primary N) is 1.